The van der Waals surface area contributed by atoms with Crippen LogP contribution >= 0.6 is 0 Å². The first-order valence-corrected chi connectivity index (χ1v) is 5.17. The van der Waals surface area contributed by atoms with Crippen molar-refractivity contribution >= 4 is 5.91 Å². The van der Waals surface area contributed by atoms with E-state index in [1.807, 2.05) is 6.92 Å². The van der Waals surface area contributed by atoms with E-state index in [9.17, 15) is 9.59 Å². The van der Waals surface area contributed by atoms with Gasteiger partial charge in [-0.15, -0.1) is 0 Å². The fourth-order valence-electron chi connectivity index (χ4n) is 1.60. The van der Waals surface area contributed by atoms with Crippen LogP contribution in [0.1, 0.15) is 30.1 Å². The Morgan fingerprint density at radius 1 is 1.60 bits per heavy atom. The monoisotopic (exact) mass is 206 g/mol. The Kier molecular flexibility index (Phi) is 2.58. The van der Waals surface area contributed by atoms with Gasteiger partial charge in [-0.3, -0.25) is 9.59 Å². The summed E-state index contributed by atoms with van der Waals surface area (Å²) in [4.78, 5) is 25.5. The van der Waals surface area contributed by atoms with Crippen LogP contribution in [0.15, 0.2) is 23.1 Å². The van der Waals surface area contributed by atoms with Crippen molar-refractivity contribution in [3.05, 3.63) is 34.2 Å². The maximum absolute atomic E-state index is 11.7. The van der Waals surface area contributed by atoms with Crippen molar-refractivity contribution in [3.63, 3.8) is 0 Å². The van der Waals surface area contributed by atoms with Crippen LogP contribution in [0.5, 0.6) is 0 Å². The summed E-state index contributed by atoms with van der Waals surface area (Å²) in [6.45, 7) is 1.98. The van der Waals surface area contributed by atoms with E-state index in [0.717, 1.165) is 0 Å². The van der Waals surface area contributed by atoms with Gasteiger partial charge in [0.25, 0.3) is 11.5 Å². The van der Waals surface area contributed by atoms with E-state index in [0.29, 0.717) is 5.92 Å². The van der Waals surface area contributed by atoms with Crippen LogP contribution in [-0.4, -0.2) is 16.9 Å². The molecule has 2 N–H and O–H groups in total. The predicted molar refractivity (Wildman–Crippen MR) is 56.7 cm³/mol. The van der Waals surface area contributed by atoms with Gasteiger partial charge in [0, 0.05) is 12.2 Å². The molecule has 0 aromatic carbocycles. The Labute approximate surface area is 87.7 Å². The van der Waals surface area contributed by atoms with Gasteiger partial charge in [0.15, 0.2) is 0 Å². The second-order valence-electron chi connectivity index (χ2n) is 4.01. The molecule has 0 radical (unpaired) electrons. The van der Waals surface area contributed by atoms with Crippen molar-refractivity contribution in [1.82, 2.24) is 10.3 Å². The summed E-state index contributed by atoms with van der Waals surface area (Å²) in [6, 6.07) is 3.35. The molecule has 1 saturated carbocycles. The summed E-state index contributed by atoms with van der Waals surface area (Å²) in [5, 5.41) is 2.84. The van der Waals surface area contributed by atoms with E-state index in [4.69, 9.17) is 0 Å². The lowest BCUT2D eigenvalue weighted by Gasteiger charge is -2.11. The normalized spacial score (nSPS) is 17.1. The number of rotatable bonds is 3. The van der Waals surface area contributed by atoms with Crippen molar-refractivity contribution < 1.29 is 4.79 Å². The highest BCUT2D eigenvalue weighted by Gasteiger charge is 2.29. The van der Waals surface area contributed by atoms with E-state index >= 15 is 0 Å². The van der Waals surface area contributed by atoms with E-state index in [1.54, 1.807) is 6.07 Å². The number of carbonyl (C=O) groups is 1. The lowest BCUT2D eigenvalue weighted by molar-refractivity contribution is 0.0934. The molecule has 0 bridgehead atoms. The summed E-state index contributed by atoms with van der Waals surface area (Å²) >= 11 is 0. The third kappa shape index (κ3) is 2.26. The standard InChI is InChI=1S/C11H14N2O2/c1-7(8-4-5-8)13-11(15)9-3-2-6-12-10(9)14/h2-3,6-8H,4-5H2,1H3,(H,12,14)(H,13,15)/t7-/m0/s1. The first-order valence-electron chi connectivity index (χ1n) is 5.17. The Morgan fingerprint density at radius 3 is 2.93 bits per heavy atom. The summed E-state index contributed by atoms with van der Waals surface area (Å²) in [6.07, 6.45) is 3.86. The zero-order valence-corrected chi connectivity index (χ0v) is 8.62. The molecule has 0 spiro atoms. The van der Waals surface area contributed by atoms with Crippen LogP contribution in [0.4, 0.5) is 0 Å². The first kappa shape index (κ1) is 9.96. The van der Waals surface area contributed by atoms with E-state index < -0.39 is 0 Å². The van der Waals surface area contributed by atoms with Gasteiger partial charge < -0.3 is 10.3 Å². The highest BCUT2D eigenvalue weighted by atomic mass is 16.2. The lowest BCUT2D eigenvalue weighted by atomic mass is 10.2. The number of nitrogens with one attached hydrogen (secondary N) is 2. The number of aromatic amines is 1. The molecule has 1 aliphatic rings. The Bertz CT molecular complexity index is 421. The minimum absolute atomic E-state index is 0.164. The van der Waals surface area contributed by atoms with Gasteiger partial charge in [0.1, 0.15) is 5.56 Å². The van der Waals surface area contributed by atoms with Gasteiger partial charge in [-0.2, -0.15) is 0 Å². The molecule has 0 unspecified atom stereocenters. The van der Waals surface area contributed by atoms with Crippen LogP contribution in [0.3, 0.4) is 0 Å². The Hall–Kier alpha value is -1.58. The topological polar surface area (TPSA) is 62.0 Å². The number of amides is 1. The second-order valence-corrected chi connectivity index (χ2v) is 4.01. The molecule has 0 saturated heterocycles. The molecule has 2 rings (SSSR count). The molecule has 0 aliphatic heterocycles. The maximum atomic E-state index is 11.7. The number of hydrogen-bond donors (Lipinski definition) is 2. The summed E-state index contributed by atoms with van der Waals surface area (Å²) < 4.78 is 0. The average Bonchev–Trinajstić information content (AvgIpc) is 3.01. The number of pyridine rings is 1. The Morgan fingerprint density at radius 2 is 2.33 bits per heavy atom. The van der Waals surface area contributed by atoms with Gasteiger partial charge in [0.2, 0.25) is 0 Å². The molecule has 1 aromatic heterocycles. The highest BCUT2D eigenvalue weighted by Crippen LogP contribution is 2.32. The minimum Gasteiger partial charge on any atom is -0.349 e. The zero-order valence-electron chi connectivity index (χ0n) is 8.62. The quantitative estimate of drug-likeness (QED) is 0.772. The fraction of sp³-hybridized carbons (Fsp3) is 0.455. The molecule has 4 heteroatoms. The van der Waals surface area contributed by atoms with Gasteiger partial charge in [-0.1, -0.05) is 0 Å². The smallest absolute Gasteiger partial charge is 0.260 e. The summed E-state index contributed by atoms with van der Waals surface area (Å²) in [5.41, 5.74) is -0.150. The third-order valence-corrected chi connectivity index (χ3v) is 2.75. The van der Waals surface area contributed by atoms with Crippen molar-refractivity contribution in [3.8, 4) is 0 Å². The fourth-order valence-corrected chi connectivity index (χ4v) is 1.60. The molecule has 1 atom stereocenters. The molecule has 1 heterocycles. The van der Waals surface area contributed by atoms with E-state index in [2.05, 4.69) is 10.3 Å². The highest BCUT2D eigenvalue weighted by molar-refractivity contribution is 5.93. The SMILES string of the molecule is C[C@H](NC(=O)c1ccc[nH]c1=O)C1CC1. The van der Waals surface area contributed by atoms with Crippen molar-refractivity contribution in [1.29, 1.82) is 0 Å². The molecule has 1 aromatic rings. The Balaban J connectivity index is 2.07. The summed E-state index contributed by atoms with van der Waals surface area (Å²) in [5.74, 6) is 0.313. The molecule has 80 valence electrons. The number of carbonyl (C=O) groups excluding carboxylic acids is 1. The molecule has 1 amide bonds. The number of hydrogen-bond acceptors (Lipinski definition) is 2. The molecule has 4 nitrogen and oxygen atoms in total. The van der Waals surface area contributed by atoms with Gasteiger partial charge in [-0.05, 0) is 37.8 Å². The summed E-state index contributed by atoms with van der Waals surface area (Å²) in [7, 11) is 0. The number of aromatic nitrogens is 1. The zero-order chi connectivity index (χ0) is 10.8. The second kappa shape index (κ2) is 3.88. The molecular weight excluding hydrogens is 192 g/mol. The average molecular weight is 206 g/mol. The molecule has 1 aliphatic carbocycles. The molecular formula is C11H14N2O2. The van der Waals surface area contributed by atoms with Crippen molar-refractivity contribution in [2.24, 2.45) is 5.92 Å². The predicted octanol–water partition coefficient (Wildman–Crippen LogP) is 0.903. The number of H-pyrrole nitrogens is 1. The van der Waals surface area contributed by atoms with Crippen molar-refractivity contribution in [2.75, 3.05) is 0 Å². The van der Waals surface area contributed by atoms with Gasteiger partial charge in [0.05, 0.1) is 0 Å². The van der Waals surface area contributed by atoms with E-state index in [1.165, 1.54) is 25.1 Å². The maximum Gasteiger partial charge on any atom is 0.260 e. The molecule has 15 heavy (non-hydrogen) atoms. The van der Waals surface area contributed by atoms with E-state index in [-0.39, 0.29) is 23.1 Å². The van der Waals surface area contributed by atoms with Crippen LogP contribution in [0.2, 0.25) is 0 Å². The minimum atomic E-state index is -0.335. The van der Waals surface area contributed by atoms with Crippen molar-refractivity contribution in [2.45, 2.75) is 25.8 Å². The van der Waals surface area contributed by atoms with Gasteiger partial charge >= 0.3 is 0 Å². The van der Waals surface area contributed by atoms with Gasteiger partial charge in [-0.25, -0.2) is 0 Å². The first-order chi connectivity index (χ1) is 7.18. The van der Waals surface area contributed by atoms with Crippen LogP contribution < -0.4 is 10.9 Å². The lowest BCUT2D eigenvalue weighted by Crippen LogP contribution is -2.36. The molecule has 1 fully saturated rings. The van der Waals surface area contributed by atoms with Crippen LogP contribution in [0, 0.1) is 5.92 Å². The third-order valence-electron chi connectivity index (χ3n) is 2.75. The van der Waals surface area contributed by atoms with Crippen LogP contribution in [0.25, 0.3) is 0 Å². The van der Waals surface area contributed by atoms with Crippen LogP contribution in [-0.2, 0) is 0 Å². The largest absolute Gasteiger partial charge is 0.349 e.